The van der Waals surface area contributed by atoms with Crippen LogP contribution in [0.3, 0.4) is 0 Å². The van der Waals surface area contributed by atoms with E-state index in [-0.39, 0.29) is 12.5 Å². The van der Waals surface area contributed by atoms with E-state index in [0.29, 0.717) is 18.0 Å². The molecule has 7 heteroatoms. The Kier molecular flexibility index (Phi) is 8.32. The molecule has 0 aliphatic heterocycles. The molecule has 0 radical (unpaired) electrons. The van der Waals surface area contributed by atoms with Gasteiger partial charge in [-0.25, -0.2) is 4.99 Å². The van der Waals surface area contributed by atoms with Gasteiger partial charge < -0.3 is 21.7 Å². The van der Waals surface area contributed by atoms with Crippen molar-refractivity contribution >= 4 is 17.8 Å². The third kappa shape index (κ3) is 7.62. The van der Waals surface area contributed by atoms with Crippen LogP contribution in [0.25, 0.3) is 0 Å². The van der Waals surface area contributed by atoms with Crippen LogP contribution in [0.1, 0.15) is 36.7 Å². The smallest absolute Gasteiger partial charge is 0.251 e. The molecule has 0 aliphatic carbocycles. The minimum absolute atomic E-state index is 0.168. The van der Waals surface area contributed by atoms with Crippen molar-refractivity contribution in [1.82, 2.24) is 16.0 Å². The summed E-state index contributed by atoms with van der Waals surface area (Å²) in [5, 5.41) is 8.93. The van der Waals surface area contributed by atoms with Gasteiger partial charge in [-0.15, -0.1) is 0 Å². The lowest BCUT2D eigenvalue weighted by Gasteiger charge is -2.13. The molecule has 7 nitrogen and oxygen atoms in total. The van der Waals surface area contributed by atoms with Crippen LogP contribution in [0.2, 0.25) is 0 Å². The highest BCUT2D eigenvalue weighted by Crippen LogP contribution is 2.06. The van der Waals surface area contributed by atoms with E-state index in [1.807, 2.05) is 19.1 Å². The molecular formula is C17H27N5O2. The average Bonchev–Trinajstić information content (AvgIpc) is 2.55. The molecule has 132 valence electrons. The molecule has 5 N–H and O–H groups in total. The fourth-order valence-electron chi connectivity index (χ4n) is 1.84. The van der Waals surface area contributed by atoms with E-state index >= 15 is 0 Å². The molecule has 2 amide bonds. The molecule has 0 fully saturated rings. The molecule has 0 spiro atoms. The Labute approximate surface area is 143 Å². The van der Waals surface area contributed by atoms with E-state index in [2.05, 4.69) is 34.8 Å². The summed E-state index contributed by atoms with van der Waals surface area (Å²) in [6.45, 7) is 8.28. The van der Waals surface area contributed by atoms with Crippen LogP contribution in [0.15, 0.2) is 29.3 Å². The van der Waals surface area contributed by atoms with Crippen LogP contribution >= 0.6 is 0 Å². The van der Waals surface area contributed by atoms with Gasteiger partial charge in [0.15, 0.2) is 5.96 Å². The van der Waals surface area contributed by atoms with E-state index in [4.69, 9.17) is 5.73 Å². The number of nitrogens with one attached hydrogen (secondary N) is 3. The minimum Gasteiger partial charge on any atom is -0.368 e. The van der Waals surface area contributed by atoms with Crippen molar-refractivity contribution in [2.75, 3.05) is 19.6 Å². The quantitative estimate of drug-likeness (QED) is 0.413. The number of nitrogens with zero attached hydrogens (tertiary/aromatic N) is 1. The Morgan fingerprint density at radius 1 is 1.12 bits per heavy atom. The molecule has 0 bridgehead atoms. The molecule has 0 aliphatic rings. The number of guanidine groups is 1. The summed E-state index contributed by atoms with van der Waals surface area (Å²) < 4.78 is 0. The second-order valence-electron chi connectivity index (χ2n) is 5.82. The molecule has 0 heterocycles. The summed E-state index contributed by atoms with van der Waals surface area (Å²) in [5.74, 6) is 0.413. The number of carbonyl (C=O) groups excluding carboxylic acids is 2. The minimum atomic E-state index is -0.570. The zero-order chi connectivity index (χ0) is 17.9. The first kappa shape index (κ1) is 19.5. The molecule has 24 heavy (non-hydrogen) atoms. The van der Waals surface area contributed by atoms with Gasteiger partial charge >= 0.3 is 0 Å². The highest BCUT2D eigenvalue weighted by atomic mass is 16.2. The lowest BCUT2D eigenvalue weighted by Crippen LogP contribution is -2.39. The summed E-state index contributed by atoms with van der Waals surface area (Å²) in [6, 6.07) is 7.09. The fraction of sp³-hybridized carbons (Fsp3) is 0.471. The van der Waals surface area contributed by atoms with Gasteiger partial charge in [-0.1, -0.05) is 26.0 Å². The molecule has 1 rings (SSSR count). The second kappa shape index (κ2) is 10.3. The van der Waals surface area contributed by atoms with Crippen LogP contribution < -0.4 is 21.7 Å². The monoisotopic (exact) mass is 333 g/mol. The molecule has 0 aromatic heterocycles. The largest absolute Gasteiger partial charge is 0.368 e. The Morgan fingerprint density at radius 2 is 1.79 bits per heavy atom. The Hall–Kier alpha value is -2.57. The maximum Gasteiger partial charge on any atom is 0.251 e. The number of hydrogen-bond donors (Lipinski definition) is 4. The average molecular weight is 333 g/mol. The molecule has 1 aromatic rings. The van der Waals surface area contributed by atoms with Crippen molar-refractivity contribution in [3.63, 3.8) is 0 Å². The van der Waals surface area contributed by atoms with Crippen molar-refractivity contribution in [3.05, 3.63) is 35.4 Å². The molecule has 0 unspecified atom stereocenters. The van der Waals surface area contributed by atoms with Crippen molar-refractivity contribution in [2.45, 2.75) is 27.3 Å². The number of aliphatic imine (C=N–C) groups is 1. The molecule has 0 atom stereocenters. The molecule has 0 saturated heterocycles. The molecular weight excluding hydrogens is 306 g/mol. The van der Waals surface area contributed by atoms with Crippen molar-refractivity contribution < 1.29 is 9.59 Å². The van der Waals surface area contributed by atoms with Crippen LogP contribution in [-0.4, -0.2) is 37.4 Å². The lowest BCUT2D eigenvalue weighted by atomic mass is 10.1. The van der Waals surface area contributed by atoms with Crippen LogP contribution in [0.5, 0.6) is 0 Å². The summed E-state index contributed by atoms with van der Waals surface area (Å²) in [5.41, 5.74) is 6.47. The predicted octanol–water partition coefficient (Wildman–Crippen LogP) is 0.613. The highest BCUT2D eigenvalue weighted by molar-refractivity contribution is 5.96. The SMILES string of the molecule is CCNC(=NCc1ccc(C(=O)NCC(N)=O)cc1)NCC(C)C. The molecule has 1 aromatic carbocycles. The van der Waals surface area contributed by atoms with E-state index in [1.54, 1.807) is 12.1 Å². The van der Waals surface area contributed by atoms with Gasteiger partial charge in [-0.05, 0) is 30.5 Å². The van der Waals surface area contributed by atoms with Crippen LogP contribution in [0, 0.1) is 5.92 Å². The fourth-order valence-corrected chi connectivity index (χ4v) is 1.84. The summed E-state index contributed by atoms with van der Waals surface area (Å²) in [6.07, 6.45) is 0. The summed E-state index contributed by atoms with van der Waals surface area (Å²) in [4.78, 5) is 27.0. The van der Waals surface area contributed by atoms with Gasteiger partial charge in [0.05, 0.1) is 13.1 Å². The molecule has 0 saturated carbocycles. The number of benzene rings is 1. The van der Waals surface area contributed by atoms with Crippen molar-refractivity contribution in [1.29, 1.82) is 0 Å². The number of carbonyl (C=O) groups is 2. The Bertz CT molecular complexity index is 567. The normalized spacial score (nSPS) is 11.2. The van der Waals surface area contributed by atoms with Gasteiger partial charge in [0.2, 0.25) is 5.91 Å². The lowest BCUT2D eigenvalue weighted by molar-refractivity contribution is -0.117. The highest BCUT2D eigenvalue weighted by Gasteiger charge is 2.06. The number of nitrogens with two attached hydrogens (primary N) is 1. The van der Waals surface area contributed by atoms with E-state index in [9.17, 15) is 9.59 Å². The third-order valence-corrected chi connectivity index (χ3v) is 3.08. The predicted molar refractivity (Wildman–Crippen MR) is 95.6 cm³/mol. The number of rotatable bonds is 8. The van der Waals surface area contributed by atoms with E-state index in [1.165, 1.54) is 0 Å². The van der Waals surface area contributed by atoms with Crippen LogP contribution in [-0.2, 0) is 11.3 Å². The number of hydrogen-bond acceptors (Lipinski definition) is 3. The Morgan fingerprint density at radius 3 is 2.33 bits per heavy atom. The zero-order valence-corrected chi connectivity index (χ0v) is 14.6. The van der Waals surface area contributed by atoms with Crippen molar-refractivity contribution in [3.8, 4) is 0 Å². The topological polar surface area (TPSA) is 109 Å². The standard InChI is InChI=1S/C17H27N5O2/c1-4-19-17(21-9-12(2)3)22-10-13-5-7-14(8-6-13)16(24)20-11-15(18)23/h5-8,12H,4,9-11H2,1-3H3,(H2,18,23)(H,20,24)(H2,19,21,22). The maximum atomic E-state index is 11.8. The Balaban J connectivity index is 2.62. The van der Waals surface area contributed by atoms with Gasteiger partial charge in [0.25, 0.3) is 5.91 Å². The van der Waals surface area contributed by atoms with Crippen molar-refractivity contribution in [2.24, 2.45) is 16.6 Å². The second-order valence-corrected chi connectivity index (χ2v) is 5.82. The van der Waals surface area contributed by atoms with Gasteiger partial charge in [0, 0.05) is 18.7 Å². The first-order valence-electron chi connectivity index (χ1n) is 8.10. The first-order chi connectivity index (χ1) is 11.4. The van der Waals surface area contributed by atoms with Gasteiger partial charge in [0.1, 0.15) is 0 Å². The summed E-state index contributed by atoms with van der Waals surface area (Å²) >= 11 is 0. The van der Waals surface area contributed by atoms with Crippen LogP contribution in [0.4, 0.5) is 0 Å². The van der Waals surface area contributed by atoms with Gasteiger partial charge in [-0.2, -0.15) is 0 Å². The number of amides is 2. The summed E-state index contributed by atoms with van der Waals surface area (Å²) in [7, 11) is 0. The van der Waals surface area contributed by atoms with Gasteiger partial charge in [-0.3, -0.25) is 9.59 Å². The number of primary amides is 1. The third-order valence-electron chi connectivity index (χ3n) is 3.08. The maximum absolute atomic E-state index is 11.8. The first-order valence-corrected chi connectivity index (χ1v) is 8.10. The zero-order valence-electron chi connectivity index (χ0n) is 14.6. The van der Waals surface area contributed by atoms with E-state index < -0.39 is 5.91 Å². The van der Waals surface area contributed by atoms with E-state index in [0.717, 1.165) is 24.6 Å².